The van der Waals surface area contributed by atoms with E-state index in [1.165, 1.54) is 19.3 Å². The molecule has 1 aliphatic rings. The number of rotatable bonds is 38. The Kier molecular flexibility index (Phi) is 32.6. The second-order valence-electron chi connectivity index (χ2n) is 15.8. The minimum absolute atomic E-state index is 0.000173. The molecule has 0 aromatic carbocycles. The van der Waals surface area contributed by atoms with Crippen LogP contribution in [0.5, 0.6) is 0 Å². The lowest BCUT2D eigenvalue weighted by molar-refractivity contribution is -0.161. The maximum atomic E-state index is 12.7. The van der Waals surface area contributed by atoms with Gasteiger partial charge in [-0.25, -0.2) is 9.13 Å². The predicted molar refractivity (Wildman–Crippen MR) is 235 cm³/mol. The van der Waals surface area contributed by atoms with Gasteiger partial charge in [-0.05, 0) is 64.2 Å². The molecule has 0 spiro atoms. The summed E-state index contributed by atoms with van der Waals surface area (Å²) in [7, 11) is -9.78. The van der Waals surface area contributed by atoms with E-state index in [9.17, 15) is 43.7 Å². The normalized spacial score (nSPS) is 19.8. The number of ether oxygens (including phenoxy) is 2. The van der Waals surface area contributed by atoms with Gasteiger partial charge < -0.3 is 39.5 Å². The van der Waals surface area contributed by atoms with Gasteiger partial charge in [0.1, 0.15) is 18.5 Å². The van der Waals surface area contributed by atoms with Crippen LogP contribution >= 0.6 is 15.6 Å². The molecule has 0 heterocycles. The Morgan fingerprint density at radius 1 is 0.710 bits per heavy atom. The molecule has 1 unspecified atom stereocenters. The van der Waals surface area contributed by atoms with Crippen molar-refractivity contribution in [3.05, 3.63) is 48.6 Å². The van der Waals surface area contributed by atoms with E-state index in [4.69, 9.17) is 23.8 Å². The fourth-order valence-corrected chi connectivity index (χ4v) is 7.69. The number of phosphoric ester groups is 2. The molecule has 1 aliphatic carbocycles. The maximum Gasteiger partial charge on any atom is 0.472 e. The zero-order valence-corrected chi connectivity index (χ0v) is 38.7. The van der Waals surface area contributed by atoms with Crippen LogP contribution in [0, 0.1) is 11.8 Å². The quantitative estimate of drug-likeness (QED) is 0.0148. The molecule has 0 saturated heterocycles. The first-order chi connectivity index (χ1) is 29.6. The van der Waals surface area contributed by atoms with Crippen LogP contribution in [0.4, 0.5) is 0 Å². The smallest absolute Gasteiger partial charge is 0.462 e. The van der Waals surface area contributed by atoms with E-state index in [0.717, 1.165) is 64.2 Å². The third kappa shape index (κ3) is 31.5. The third-order valence-corrected chi connectivity index (χ3v) is 11.5. The van der Waals surface area contributed by atoms with E-state index >= 15 is 0 Å². The van der Waals surface area contributed by atoms with Crippen LogP contribution in [0.2, 0.25) is 0 Å². The molecule has 0 aliphatic heterocycles. The molecule has 358 valence electrons. The number of esters is 2. The van der Waals surface area contributed by atoms with Crippen molar-refractivity contribution in [1.29, 1.82) is 0 Å². The van der Waals surface area contributed by atoms with E-state index in [0.29, 0.717) is 32.1 Å². The molecular formula is C44H76O16P2. The Hall–Kier alpha value is -2.33. The Balaban J connectivity index is 2.58. The highest BCUT2D eigenvalue weighted by atomic mass is 31.2. The van der Waals surface area contributed by atoms with Gasteiger partial charge in [0.2, 0.25) is 0 Å². The summed E-state index contributed by atoms with van der Waals surface area (Å²) in [6.45, 7) is 1.30. The largest absolute Gasteiger partial charge is 0.472 e. The second-order valence-corrected chi connectivity index (χ2v) is 18.4. The summed E-state index contributed by atoms with van der Waals surface area (Å²) in [5, 5.41) is 30.5. The van der Waals surface area contributed by atoms with Crippen molar-refractivity contribution >= 4 is 33.4 Å². The van der Waals surface area contributed by atoms with Crippen LogP contribution in [-0.2, 0) is 46.6 Å². The number of phosphoric acid groups is 2. The number of aliphatic hydroxyl groups is 3. The molecule has 0 aromatic rings. The van der Waals surface area contributed by atoms with Crippen LogP contribution in [0.3, 0.4) is 0 Å². The number of carbonyl (C=O) groups is 3. The summed E-state index contributed by atoms with van der Waals surface area (Å²) in [6, 6.07) is 0. The minimum atomic E-state index is -4.90. The Morgan fingerprint density at radius 3 is 1.98 bits per heavy atom. The maximum absolute atomic E-state index is 12.7. The lowest BCUT2D eigenvalue weighted by Crippen LogP contribution is -2.30. The van der Waals surface area contributed by atoms with Crippen LogP contribution in [0.15, 0.2) is 48.6 Å². The fourth-order valence-electron chi connectivity index (χ4n) is 6.53. The molecule has 1 saturated carbocycles. The summed E-state index contributed by atoms with van der Waals surface area (Å²) in [4.78, 5) is 65.4. The number of hydrogen-bond donors (Lipinski definition) is 6. The van der Waals surface area contributed by atoms with Gasteiger partial charge in [-0.3, -0.25) is 28.0 Å². The minimum Gasteiger partial charge on any atom is -0.462 e. The zero-order valence-electron chi connectivity index (χ0n) is 36.9. The first kappa shape index (κ1) is 57.7. The van der Waals surface area contributed by atoms with Gasteiger partial charge in [-0.1, -0.05) is 114 Å². The summed E-state index contributed by atoms with van der Waals surface area (Å²) < 4.78 is 47.7. The van der Waals surface area contributed by atoms with Gasteiger partial charge in [0.15, 0.2) is 6.10 Å². The molecule has 0 aromatic heterocycles. The monoisotopic (exact) mass is 922 g/mol. The highest BCUT2D eigenvalue weighted by Crippen LogP contribution is 2.44. The van der Waals surface area contributed by atoms with E-state index in [2.05, 4.69) is 47.2 Å². The van der Waals surface area contributed by atoms with Crippen LogP contribution in [0.25, 0.3) is 0 Å². The number of ketones is 1. The van der Waals surface area contributed by atoms with Crippen LogP contribution in [0.1, 0.15) is 149 Å². The fraction of sp³-hybridized carbons (Fsp3) is 0.750. The Morgan fingerprint density at radius 2 is 1.29 bits per heavy atom. The molecule has 0 amide bonds. The number of aliphatic hydroxyl groups excluding tert-OH is 3. The van der Waals surface area contributed by atoms with E-state index in [1.807, 2.05) is 12.2 Å². The number of carbonyl (C=O) groups excluding carboxylic acids is 3. The number of Topliss-reactive ketones (excluding diaryl/α,β-unsaturated/α-hetero) is 1. The molecule has 0 radical (unpaired) electrons. The van der Waals surface area contributed by atoms with Crippen molar-refractivity contribution in [1.82, 2.24) is 0 Å². The first-order valence-electron chi connectivity index (χ1n) is 22.4. The summed E-state index contributed by atoms with van der Waals surface area (Å²) in [5.74, 6) is -2.11. The van der Waals surface area contributed by atoms with Crippen molar-refractivity contribution in [3.8, 4) is 0 Å². The second kappa shape index (κ2) is 35.0. The van der Waals surface area contributed by atoms with Gasteiger partial charge >= 0.3 is 27.6 Å². The number of hydrogen-bond acceptors (Lipinski definition) is 13. The SMILES string of the molecule is CCCCC/C=C\C/C=C\CCCCCCCC(=O)O[C@H](COC(=O)CCC/C=C\C[C@H]1[C@@H](O)CC(=O)[C@@H]1/C=C/[C@@H](O)CCCCC)COP(=O)(O)OC[C@@H](O)COP(=O)(O)O. The Labute approximate surface area is 369 Å². The molecular weight excluding hydrogens is 846 g/mol. The van der Waals surface area contributed by atoms with Crippen LogP contribution in [-0.4, -0.2) is 98.6 Å². The molecule has 7 atom stereocenters. The van der Waals surface area contributed by atoms with Gasteiger partial charge in [-0.15, -0.1) is 0 Å². The van der Waals surface area contributed by atoms with Crippen molar-refractivity contribution in [2.24, 2.45) is 11.8 Å². The van der Waals surface area contributed by atoms with Crippen molar-refractivity contribution in [3.63, 3.8) is 0 Å². The van der Waals surface area contributed by atoms with E-state index in [1.54, 1.807) is 12.2 Å². The Bertz CT molecular complexity index is 1440. The van der Waals surface area contributed by atoms with Gasteiger partial charge in [-0.2, -0.15) is 0 Å². The highest BCUT2D eigenvalue weighted by Gasteiger charge is 2.39. The standard InChI is InChI=1S/C44H76O16P2/c1-3-5-7-8-9-10-11-12-13-14-15-16-17-18-24-28-44(50)60-38(35-59-62(54,55)58-33-37(46)32-57-61(51,52)53)34-56-43(49)27-23-20-19-22-26-39-40(42(48)31-41(39)47)30-29-36(45)25-21-6-4-2/h9-10,12-13,19,22,29-30,36-41,45-47H,3-8,11,14-18,20-21,23-28,31-35H2,1-2H3,(H,54,55)(H2,51,52,53)/b10-9-,13-12-,22-19-,30-29+/t36-,37-,38+,39+,40+,41-/m0/s1. The lowest BCUT2D eigenvalue weighted by atomic mass is 9.90. The van der Waals surface area contributed by atoms with Gasteiger partial charge in [0.05, 0.1) is 32.0 Å². The molecule has 62 heavy (non-hydrogen) atoms. The molecule has 1 fully saturated rings. The molecule has 0 bridgehead atoms. The van der Waals surface area contributed by atoms with Gasteiger partial charge in [0.25, 0.3) is 0 Å². The van der Waals surface area contributed by atoms with Crippen molar-refractivity contribution in [2.75, 3.05) is 26.4 Å². The third-order valence-electron chi connectivity index (χ3n) is 10.1. The average Bonchev–Trinajstić information content (AvgIpc) is 3.49. The van der Waals surface area contributed by atoms with Crippen molar-refractivity contribution in [2.45, 2.75) is 173 Å². The molecule has 6 N–H and O–H groups in total. The van der Waals surface area contributed by atoms with E-state index < -0.39 is 84.3 Å². The van der Waals surface area contributed by atoms with Crippen molar-refractivity contribution < 1.29 is 76.6 Å². The van der Waals surface area contributed by atoms with Crippen LogP contribution < -0.4 is 0 Å². The molecule has 1 rings (SSSR count). The zero-order chi connectivity index (χ0) is 46.1. The summed E-state index contributed by atoms with van der Waals surface area (Å²) >= 11 is 0. The first-order valence-corrected chi connectivity index (χ1v) is 25.5. The molecule has 16 nitrogen and oxygen atoms in total. The van der Waals surface area contributed by atoms with E-state index in [-0.39, 0.29) is 31.0 Å². The topological polar surface area (TPSA) is 253 Å². The summed E-state index contributed by atoms with van der Waals surface area (Å²) in [5.41, 5.74) is 0. The lowest BCUT2D eigenvalue weighted by Gasteiger charge is -2.20. The number of unbranched alkanes of at least 4 members (excludes halogenated alkanes) is 11. The number of allylic oxidation sites excluding steroid dienone is 7. The van der Waals surface area contributed by atoms with Gasteiger partial charge in [0, 0.05) is 31.1 Å². The predicted octanol–water partition coefficient (Wildman–Crippen LogP) is 8.04. The summed E-state index contributed by atoms with van der Waals surface area (Å²) in [6.07, 6.45) is 27.6. The molecule has 18 heteroatoms. The highest BCUT2D eigenvalue weighted by molar-refractivity contribution is 7.47. The average molecular weight is 923 g/mol.